The number of carbonyl (C=O) groups is 3. The van der Waals surface area contributed by atoms with E-state index in [1.54, 1.807) is 29.3 Å². The average Bonchev–Trinajstić information content (AvgIpc) is 3.43. The summed E-state index contributed by atoms with van der Waals surface area (Å²) in [6.45, 7) is 6.76. The molecule has 0 radical (unpaired) electrons. The smallest absolute Gasteiger partial charge is 0.257 e. The second-order valence-corrected chi connectivity index (χ2v) is 12.3. The second kappa shape index (κ2) is 13.7. The molecule has 1 unspecified atom stereocenters. The minimum Gasteiger partial charge on any atom is -0.496 e. The molecule has 0 bridgehead atoms. The van der Waals surface area contributed by atoms with E-state index in [1.165, 1.54) is 41.2 Å². The summed E-state index contributed by atoms with van der Waals surface area (Å²) >= 11 is 2.77. The van der Waals surface area contributed by atoms with Gasteiger partial charge in [-0.05, 0) is 62.5 Å². The highest BCUT2D eigenvalue weighted by Gasteiger charge is 2.33. The summed E-state index contributed by atoms with van der Waals surface area (Å²) in [5.74, 6) is -0.430. The number of nitrogens with zero attached hydrogens (tertiary/aromatic N) is 5. The molecule has 1 aliphatic rings. The highest BCUT2D eigenvalue weighted by molar-refractivity contribution is 8.01. The predicted molar refractivity (Wildman–Crippen MR) is 163 cm³/mol. The lowest BCUT2D eigenvalue weighted by molar-refractivity contribution is -0.129. The van der Waals surface area contributed by atoms with Gasteiger partial charge in [0, 0.05) is 30.1 Å². The van der Waals surface area contributed by atoms with Gasteiger partial charge in [-0.25, -0.2) is 4.98 Å². The molecule has 1 aliphatic heterocycles. The van der Waals surface area contributed by atoms with Crippen LogP contribution in [0, 0.1) is 18.3 Å². The Morgan fingerprint density at radius 3 is 2.76 bits per heavy atom. The molecule has 12 heteroatoms. The fourth-order valence-electron chi connectivity index (χ4n) is 4.55. The Kier molecular flexibility index (Phi) is 10.0. The van der Waals surface area contributed by atoms with Crippen molar-refractivity contribution in [3.05, 3.63) is 77.5 Å². The molecule has 10 nitrogen and oxygen atoms in total. The van der Waals surface area contributed by atoms with Crippen molar-refractivity contribution in [1.29, 1.82) is 5.26 Å². The molecule has 3 aromatic rings. The number of hydrogen-bond acceptors (Lipinski definition) is 9. The molecule has 0 saturated carbocycles. The lowest BCUT2D eigenvalue weighted by Crippen LogP contribution is -2.55. The standard InChI is InChI=1S/C30H32N6O4S2/c1-6-26(37)36-11-10-35(18-22(36)15-31)29(39)23-14-25(19(2)12-24(23)40-5)41-27-16-32-30(42-27)33-28(38)21-9-7-8-20(13-21)17-34(3)4/h6-9,12-14,16,22H,1,10-11,17-18H2,2-5H3,(H,32,33,38). The van der Waals surface area contributed by atoms with E-state index in [0.717, 1.165) is 26.8 Å². The van der Waals surface area contributed by atoms with Crippen LogP contribution in [-0.2, 0) is 11.3 Å². The number of piperazine rings is 1. The summed E-state index contributed by atoms with van der Waals surface area (Å²) in [5.41, 5.74) is 2.86. The minimum atomic E-state index is -0.764. The lowest BCUT2D eigenvalue weighted by Gasteiger charge is -2.38. The number of nitriles is 1. The maximum absolute atomic E-state index is 13.6. The normalized spacial score (nSPS) is 14.8. The average molecular weight is 605 g/mol. The van der Waals surface area contributed by atoms with E-state index < -0.39 is 6.04 Å². The monoisotopic (exact) mass is 604 g/mol. The first kappa shape index (κ1) is 30.8. The summed E-state index contributed by atoms with van der Waals surface area (Å²) in [6, 6.07) is 12.4. The molecule has 1 fully saturated rings. The number of amides is 3. The lowest BCUT2D eigenvalue weighted by atomic mass is 10.1. The Hall–Kier alpha value is -4.18. The number of nitrogens with one attached hydrogen (secondary N) is 1. The van der Waals surface area contributed by atoms with Crippen LogP contribution in [0.4, 0.5) is 5.13 Å². The molecule has 1 atom stereocenters. The van der Waals surface area contributed by atoms with Crippen LogP contribution in [0.2, 0.25) is 0 Å². The molecule has 1 N–H and O–H groups in total. The van der Waals surface area contributed by atoms with Crippen LogP contribution in [0.5, 0.6) is 5.75 Å². The van der Waals surface area contributed by atoms with Crippen molar-refractivity contribution < 1.29 is 19.1 Å². The third-order valence-corrected chi connectivity index (χ3v) is 8.78. The summed E-state index contributed by atoms with van der Waals surface area (Å²) in [6.07, 6.45) is 2.86. The number of hydrogen-bond donors (Lipinski definition) is 1. The van der Waals surface area contributed by atoms with Crippen LogP contribution < -0.4 is 10.1 Å². The van der Waals surface area contributed by atoms with Crippen molar-refractivity contribution in [3.8, 4) is 11.8 Å². The number of benzene rings is 2. The van der Waals surface area contributed by atoms with E-state index in [1.807, 2.05) is 44.1 Å². The maximum atomic E-state index is 13.6. The highest BCUT2D eigenvalue weighted by Crippen LogP contribution is 2.38. The van der Waals surface area contributed by atoms with Gasteiger partial charge in [0.1, 0.15) is 11.8 Å². The zero-order chi connectivity index (χ0) is 30.4. The van der Waals surface area contributed by atoms with Crippen LogP contribution in [0.15, 0.2) is 64.4 Å². The summed E-state index contributed by atoms with van der Waals surface area (Å²) < 4.78 is 6.37. The molecule has 218 valence electrons. The van der Waals surface area contributed by atoms with E-state index >= 15 is 0 Å². The highest BCUT2D eigenvalue weighted by atomic mass is 32.2. The van der Waals surface area contributed by atoms with E-state index in [2.05, 4.69) is 22.9 Å². The topological polar surface area (TPSA) is 119 Å². The number of carbonyl (C=O) groups excluding carboxylic acids is 3. The number of rotatable bonds is 9. The Bertz CT molecular complexity index is 1550. The van der Waals surface area contributed by atoms with Crippen molar-refractivity contribution in [3.63, 3.8) is 0 Å². The fraction of sp³-hybridized carbons (Fsp3) is 0.300. The Morgan fingerprint density at radius 2 is 2.07 bits per heavy atom. The first-order chi connectivity index (χ1) is 20.1. The number of methoxy groups -OCH3 is 1. The van der Waals surface area contributed by atoms with Gasteiger partial charge in [0.2, 0.25) is 5.91 Å². The number of anilines is 1. The van der Waals surface area contributed by atoms with Gasteiger partial charge in [0.15, 0.2) is 5.13 Å². The van der Waals surface area contributed by atoms with Crippen molar-refractivity contribution in [1.82, 2.24) is 19.7 Å². The van der Waals surface area contributed by atoms with E-state index in [4.69, 9.17) is 4.74 Å². The molecule has 3 amide bonds. The van der Waals surface area contributed by atoms with Crippen LogP contribution in [0.25, 0.3) is 0 Å². The van der Waals surface area contributed by atoms with E-state index in [9.17, 15) is 19.6 Å². The summed E-state index contributed by atoms with van der Waals surface area (Å²) in [5, 5.41) is 13.0. The second-order valence-electron chi connectivity index (χ2n) is 9.93. The van der Waals surface area contributed by atoms with Crippen molar-refractivity contribution >= 4 is 46.0 Å². The molecule has 1 saturated heterocycles. The molecular formula is C30H32N6O4S2. The molecule has 1 aromatic heterocycles. The summed E-state index contributed by atoms with van der Waals surface area (Å²) in [7, 11) is 5.46. The van der Waals surface area contributed by atoms with Gasteiger partial charge < -0.3 is 19.4 Å². The fourth-order valence-corrected chi connectivity index (χ4v) is 6.49. The minimum absolute atomic E-state index is 0.0877. The zero-order valence-corrected chi connectivity index (χ0v) is 25.6. The van der Waals surface area contributed by atoms with Gasteiger partial charge in [0.25, 0.3) is 11.8 Å². The zero-order valence-electron chi connectivity index (χ0n) is 23.9. The van der Waals surface area contributed by atoms with Crippen LogP contribution in [-0.4, -0.2) is 84.3 Å². The third-order valence-electron chi connectivity index (χ3n) is 6.61. The van der Waals surface area contributed by atoms with Crippen molar-refractivity contribution in [2.45, 2.75) is 28.6 Å². The van der Waals surface area contributed by atoms with Crippen molar-refractivity contribution in [2.75, 3.05) is 46.2 Å². The molecule has 0 spiro atoms. The van der Waals surface area contributed by atoms with Crippen LogP contribution in [0.3, 0.4) is 0 Å². The first-order valence-electron chi connectivity index (χ1n) is 13.1. The van der Waals surface area contributed by atoms with Gasteiger partial charge in [-0.3, -0.25) is 19.7 Å². The van der Waals surface area contributed by atoms with E-state index in [0.29, 0.717) is 22.0 Å². The number of ether oxygens (including phenoxy) is 1. The molecule has 2 heterocycles. The van der Waals surface area contributed by atoms with Gasteiger partial charge >= 0.3 is 0 Å². The van der Waals surface area contributed by atoms with Crippen LogP contribution >= 0.6 is 23.1 Å². The number of aromatic nitrogens is 1. The van der Waals surface area contributed by atoms with Crippen LogP contribution in [0.1, 0.15) is 31.8 Å². The molecule has 42 heavy (non-hydrogen) atoms. The number of aryl methyl sites for hydroxylation is 1. The Labute approximate surface area is 253 Å². The van der Waals surface area contributed by atoms with Gasteiger partial charge in [-0.1, -0.05) is 41.8 Å². The first-order valence-corrected chi connectivity index (χ1v) is 14.8. The summed E-state index contributed by atoms with van der Waals surface area (Å²) in [4.78, 5) is 48.8. The van der Waals surface area contributed by atoms with Gasteiger partial charge in [0.05, 0.1) is 35.7 Å². The number of thiazole rings is 1. The quantitative estimate of drug-likeness (QED) is 0.360. The SMILES string of the molecule is C=CC(=O)N1CCN(C(=O)c2cc(Sc3cnc(NC(=O)c4cccc(CN(C)C)c4)s3)c(C)cc2OC)CC1C#N. The third kappa shape index (κ3) is 7.17. The predicted octanol–water partition coefficient (Wildman–Crippen LogP) is 4.29. The Morgan fingerprint density at radius 1 is 1.29 bits per heavy atom. The largest absolute Gasteiger partial charge is 0.496 e. The Balaban J connectivity index is 1.49. The molecular weight excluding hydrogens is 573 g/mol. The van der Waals surface area contributed by atoms with Crippen molar-refractivity contribution in [2.24, 2.45) is 0 Å². The molecule has 0 aliphatic carbocycles. The molecule has 2 aromatic carbocycles. The van der Waals surface area contributed by atoms with Gasteiger partial charge in [-0.2, -0.15) is 5.26 Å². The van der Waals surface area contributed by atoms with E-state index in [-0.39, 0.29) is 37.4 Å². The molecule has 4 rings (SSSR count). The maximum Gasteiger partial charge on any atom is 0.257 e. The van der Waals surface area contributed by atoms with Gasteiger partial charge in [-0.15, -0.1) is 0 Å².